The minimum atomic E-state index is -0.917. The monoisotopic (exact) mass is 198 g/mol. The number of amides is 1. The van der Waals surface area contributed by atoms with Crippen molar-refractivity contribution in [1.82, 2.24) is 5.32 Å². The Bertz CT molecular complexity index is 223. The molecule has 2 N–H and O–H groups in total. The lowest BCUT2D eigenvalue weighted by atomic mass is 9.88. The molecule has 1 atom stereocenters. The zero-order chi connectivity index (χ0) is 11.0. The molecule has 0 fully saturated rings. The van der Waals surface area contributed by atoms with Gasteiger partial charge in [-0.25, -0.2) is 0 Å². The molecule has 0 aromatic heterocycles. The number of carbonyl (C=O) groups is 1. The van der Waals surface area contributed by atoms with E-state index >= 15 is 0 Å². The summed E-state index contributed by atoms with van der Waals surface area (Å²) in [6.07, 6.45) is 1.93. The van der Waals surface area contributed by atoms with E-state index in [4.69, 9.17) is 10.4 Å². The molecule has 0 aliphatic heterocycles. The summed E-state index contributed by atoms with van der Waals surface area (Å²) in [6.45, 7) is 4.11. The minimum Gasteiger partial charge on any atom is -0.396 e. The second-order valence-electron chi connectivity index (χ2n) is 3.48. The molecule has 0 rings (SSSR count). The van der Waals surface area contributed by atoms with Crippen LogP contribution < -0.4 is 5.32 Å². The highest BCUT2D eigenvalue weighted by Gasteiger charge is 2.30. The van der Waals surface area contributed by atoms with Crippen molar-refractivity contribution in [3.63, 3.8) is 0 Å². The number of nitriles is 1. The lowest BCUT2D eigenvalue weighted by molar-refractivity contribution is -0.127. The number of rotatable bonds is 6. The molecule has 80 valence electrons. The van der Waals surface area contributed by atoms with Crippen LogP contribution in [0.3, 0.4) is 0 Å². The molecular weight excluding hydrogens is 180 g/mol. The topological polar surface area (TPSA) is 73.1 Å². The van der Waals surface area contributed by atoms with Gasteiger partial charge in [-0.3, -0.25) is 4.79 Å². The second-order valence-corrected chi connectivity index (χ2v) is 3.48. The third kappa shape index (κ3) is 3.75. The van der Waals surface area contributed by atoms with Crippen molar-refractivity contribution in [2.24, 2.45) is 5.41 Å². The summed E-state index contributed by atoms with van der Waals surface area (Å²) in [5.74, 6) is -0.222. The fourth-order valence-electron chi connectivity index (χ4n) is 0.924. The van der Waals surface area contributed by atoms with Gasteiger partial charge >= 0.3 is 0 Å². The number of aliphatic hydroxyl groups excluding tert-OH is 1. The smallest absolute Gasteiger partial charge is 0.240 e. The maximum atomic E-state index is 11.5. The Morgan fingerprint density at radius 2 is 2.21 bits per heavy atom. The molecule has 0 aliphatic carbocycles. The van der Waals surface area contributed by atoms with E-state index in [-0.39, 0.29) is 12.5 Å². The second kappa shape index (κ2) is 6.39. The van der Waals surface area contributed by atoms with E-state index in [2.05, 4.69) is 5.32 Å². The van der Waals surface area contributed by atoms with Gasteiger partial charge in [0.05, 0.1) is 6.07 Å². The predicted molar refractivity (Wildman–Crippen MR) is 53.3 cm³/mol. The highest BCUT2D eigenvalue weighted by molar-refractivity contribution is 5.84. The first-order valence-corrected chi connectivity index (χ1v) is 4.91. The summed E-state index contributed by atoms with van der Waals surface area (Å²) in [5, 5.41) is 20.0. The van der Waals surface area contributed by atoms with Gasteiger partial charge in [0.1, 0.15) is 5.41 Å². The van der Waals surface area contributed by atoms with Crippen LogP contribution in [-0.4, -0.2) is 24.2 Å². The quantitative estimate of drug-likeness (QED) is 0.620. The largest absolute Gasteiger partial charge is 0.396 e. The van der Waals surface area contributed by atoms with Crippen molar-refractivity contribution in [2.45, 2.75) is 33.1 Å². The van der Waals surface area contributed by atoms with Gasteiger partial charge in [0.25, 0.3) is 0 Å². The van der Waals surface area contributed by atoms with Crippen molar-refractivity contribution in [2.75, 3.05) is 13.2 Å². The molecule has 0 bridgehead atoms. The number of nitrogens with zero attached hydrogens (tertiary/aromatic N) is 1. The molecule has 0 aromatic carbocycles. The van der Waals surface area contributed by atoms with Gasteiger partial charge in [0.15, 0.2) is 0 Å². The molecule has 0 saturated heterocycles. The van der Waals surface area contributed by atoms with Gasteiger partial charge < -0.3 is 10.4 Å². The molecule has 1 unspecified atom stereocenters. The number of aliphatic hydroxyl groups is 1. The Labute approximate surface area is 84.9 Å². The van der Waals surface area contributed by atoms with Gasteiger partial charge in [-0.1, -0.05) is 6.92 Å². The van der Waals surface area contributed by atoms with E-state index in [1.54, 1.807) is 6.92 Å². The van der Waals surface area contributed by atoms with Crippen LogP contribution in [0.5, 0.6) is 0 Å². The first-order chi connectivity index (χ1) is 6.60. The third-order valence-corrected chi connectivity index (χ3v) is 2.33. The molecule has 0 aliphatic rings. The summed E-state index contributed by atoms with van der Waals surface area (Å²) in [6, 6.07) is 2.01. The van der Waals surface area contributed by atoms with Crippen LogP contribution in [0.2, 0.25) is 0 Å². The number of nitrogens with one attached hydrogen (secondary N) is 1. The molecule has 14 heavy (non-hydrogen) atoms. The number of unbranched alkanes of at least 4 members (excludes halogenated alkanes) is 1. The Morgan fingerprint density at radius 3 is 2.64 bits per heavy atom. The SMILES string of the molecule is CCC(C)(C#N)C(=O)NCCCCO. The summed E-state index contributed by atoms with van der Waals surface area (Å²) in [4.78, 5) is 11.5. The molecule has 0 saturated carbocycles. The molecular formula is C10H18N2O2. The van der Waals surface area contributed by atoms with Crippen LogP contribution in [-0.2, 0) is 4.79 Å². The van der Waals surface area contributed by atoms with Crippen molar-refractivity contribution < 1.29 is 9.90 Å². The maximum absolute atomic E-state index is 11.5. The molecule has 4 heteroatoms. The van der Waals surface area contributed by atoms with Gasteiger partial charge in [-0.2, -0.15) is 5.26 Å². The van der Waals surface area contributed by atoms with Gasteiger partial charge in [-0.05, 0) is 26.2 Å². The Balaban J connectivity index is 3.90. The molecule has 0 aromatic rings. The van der Waals surface area contributed by atoms with E-state index in [1.807, 2.05) is 13.0 Å². The maximum Gasteiger partial charge on any atom is 0.240 e. The third-order valence-electron chi connectivity index (χ3n) is 2.33. The van der Waals surface area contributed by atoms with Crippen LogP contribution in [0, 0.1) is 16.7 Å². The first-order valence-electron chi connectivity index (χ1n) is 4.91. The van der Waals surface area contributed by atoms with Crippen LogP contribution >= 0.6 is 0 Å². The molecule has 1 amide bonds. The number of hydrogen-bond donors (Lipinski definition) is 2. The fraction of sp³-hybridized carbons (Fsp3) is 0.800. The summed E-state index contributed by atoms with van der Waals surface area (Å²) >= 11 is 0. The van der Waals surface area contributed by atoms with Crippen LogP contribution in [0.15, 0.2) is 0 Å². The lowest BCUT2D eigenvalue weighted by Gasteiger charge is -2.18. The van der Waals surface area contributed by atoms with Crippen molar-refractivity contribution in [3.05, 3.63) is 0 Å². The van der Waals surface area contributed by atoms with Crippen LogP contribution in [0.25, 0.3) is 0 Å². The average Bonchev–Trinajstić information content (AvgIpc) is 2.22. The van der Waals surface area contributed by atoms with Crippen LogP contribution in [0.1, 0.15) is 33.1 Å². The highest BCUT2D eigenvalue weighted by Crippen LogP contribution is 2.19. The molecule has 0 spiro atoms. The van der Waals surface area contributed by atoms with Crippen LogP contribution in [0.4, 0.5) is 0 Å². The number of hydrogen-bond acceptors (Lipinski definition) is 3. The summed E-state index contributed by atoms with van der Waals surface area (Å²) in [7, 11) is 0. The van der Waals surface area contributed by atoms with E-state index < -0.39 is 5.41 Å². The lowest BCUT2D eigenvalue weighted by Crippen LogP contribution is -2.38. The standard InChI is InChI=1S/C10H18N2O2/c1-3-10(2,8-11)9(14)12-6-4-5-7-13/h13H,3-7H2,1-2H3,(H,12,14). The summed E-state index contributed by atoms with van der Waals surface area (Å²) in [5.41, 5.74) is -0.917. The van der Waals surface area contributed by atoms with Crippen molar-refractivity contribution >= 4 is 5.91 Å². The zero-order valence-electron chi connectivity index (χ0n) is 8.84. The minimum absolute atomic E-state index is 0.138. The first kappa shape index (κ1) is 12.9. The van der Waals surface area contributed by atoms with Gasteiger partial charge in [0, 0.05) is 13.2 Å². The Kier molecular flexibility index (Phi) is 5.89. The molecule has 0 heterocycles. The highest BCUT2D eigenvalue weighted by atomic mass is 16.2. The van der Waals surface area contributed by atoms with Crippen molar-refractivity contribution in [3.8, 4) is 6.07 Å². The normalized spacial score (nSPS) is 14.1. The van der Waals surface area contributed by atoms with Gasteiger partial charge in [-0.15, -0.1) is 0 Å². The Morgan fingerprint density at radius 1 is 1.57 bits per heavy atom. The van der Waals surface area contributed by atoms with Gasteiger partial charge in [0.2, 0.25) is 5.91 Å². The predicted octanol–water partition coefficient (Wildman–Crippen LogP) is 0.815. The summed E-state index contributed by atoms with van der Waals surface area (Å²) < 4.78 is 0. The van der Waals surface area contributed by atoms with E-state index in [9.17, 15) is 4.79 Å². The van der Waals surface area contributed by atoms with E-state index in [0.29, 0.717) is 19.4 Å². The Hall–Kier alpha value is -1.08. The molecule has 0 radical (unpaired) electrons. The number of carbonyl (C=O) groups excluding carboxylic acids is 1. The zero-order valence-corrected chi connectivity index (χ0v) is 8.84. The van der Waals surface area contributed by atoms with Crippen molar-refractivity contribution in [1.29, 1.82) is 5.26 Å². The fourth-order valence-corrected chi connectivity index (χ4v) is 0.924. The van der Waals surface area contributed by atoms with E-state index in [0.717, 1.165) is 6.42 Å². The van der Waals surface area contributed by atoms with E-state index in [1.165, 1.54) is 0 Å². The molecule has 4 nitrogen and oxygen atoms in total. The average molecular weight is 198 g/mol.